The normalized spacial score (nSPS) is 10.3. The molecule has 2 N–H and O–H groups in total. The lowest BCUT2D eigenvalue weighted by molar-refractivity contribution is 0.0945. The van der Waals surface area contributed by atoms with Crippen LogP contribution in [0.15, 0.2) is 55.1 Å². The summed E-state index contributed by atoms with van der Waals surface area (Å²) in [5.74, 6) is 0.250. The molecule has 0 radical (unpaired) electrons. The van der Waals surface area contributed by atoms with Gasteiger partial charge in [-0.2, -0.15) is 0 Å². The minimum absolute atomic E-state index is 0.251. The molecule has 7 heteroatoms. The van der Waals surface area contributed by atoms with Gasteiger partial charge >= 0.3 is 0 Å². The topological polar surface area (TPSA) is 79.8 Å². The Morgan fingerprint density at radius 3 is 2.60 bits per heavy atom. The van der Waals surface area contributed by atoms with Gasteiger partial charge in [-0.1, -0.05) is 17.7 Å². The zero-order valence-corrected chi connectivity index (χ0v) is 14.3. The van der Waals surface area contributed by atoms with E-state index >= 15 is 0 Å². The maximum atomic E-state index is 12.1. The number of carbonyl (C=O) groups is 1. The van der Waals surface area contributed by atoms with Crippen LogP contribution in [-0.2, 0) is 6.54 Å². The first-order chi connectivity index (χ1) is 12.1. The van der Waals surface area contributed by atoms with Crippen molar-refractivity contribution in [2.75, 3.05) is 5.32 Å². The van der Waals surface area contributed by atoms with Gasteiger partial charge in [0.2, 0.25) is 0 Å². The van der Waals surface area contributed by atoms with Gasteiger partial charge in [-0.05, 0) is 42.3 Å². The highest BCUT2D eigenvalue weighted by atomic mass is 35.5. The fourth-order valence-corrected chi connectivity index (χ4v) is 2.28. The number of nitrogens with zero attached hydrogens (tertiary/aromatic N) is 3. The SMILES string of the molecule is Cc1ccc(Nc2cnc(C(=O)NCc3ccncc3)cn2)cc1Cl. The lowest BCUT2D eigenvalue weighted by atomic mass is 10.2. The highest BCUT2D eigenvalue weighted by molar-refractivity contribution is 6.31. The molecule has 0 saturated heterocycles. The molecule has 6 nitrogen and oxygen atoms in total. The molecule has 0 atom stereocenters. The first kappa shape index (κ1) is 16.9. The van der Waals surface area contributed by atoms with Gasteiger partial charge in [0, 0.05) is 29.6 Å². The van der Waals surface area contributed by atoms with Crippen molar-refractivity contribution >= 4 is 29.0 Å². The molecule has 0 fully saturated rings. The van der Waals surface area contributed by atoms with E-state index in [1.807, 2.05) is 37.3 Å². The third-order valence-electron chi connectivity index (χ3n) is 3.53. The van der Waals surface area contributed by atoms with Crippen molar-refractivity contribution < 1.29 is 4.79 Å². The second-order valence-electron chi connectivity index (χ2n) is 5.41. The van der Waals surface area contributed by atoms with Gasteiger partial charge in [0.1, 0.15) is 11.5 Å². The summed E-state index contributed by atoms with van der Waals surface area (Å²) in [6.07, 6.45) is 6.30. The Bertz CT molecular complexity index is 868. The van der Waals surface area contributed by atoms with Crippen LogP contribution >= 0.6 is 11.6 Å². The first-order valence-corrected chi connectivity index (χ1v) is 8.02. The number of amides is 1. The summed E-state index contributed by atoms with van der Waals surface area (Å²) in [7, 11) is 0. The van der Waals surface area contributed by atoms with Crippen LogP contribution in [0, 0.1) is 6.92 Å². The van der Waals surface area contributed by atoms with Crippen molar-refractivity contribution in [3.63, 3.8) is 0 Å². The summed E-state index contributed by atoms with van der Waals surface area (Å²) < 4.78 is 0. The lowest BCUT2D eigenvalue weighted by Crippen LogP contribution is -2.24. The van der Waals surface area contributed by atoms with Gasteiger partial charge in [-0.25, -0.2) is 9.97 Å². The van der Waals surface area contributed by atoms with Gasteiger partial charge in [-0.3, -0.25) is 9.78 Å². The second kappa shape index (κ2) is 7.72. The number of aryl methyl sites for hydroxylation is 1. The maximum Gasteiger partial charge on any atom is 0.271 e. The van der Waals surface area contributed by atoms with Gasteiger partial charge in [0.05, 0.1) is 12.4 Å². The van der Waals surface area contributed by atoms with E-state index in [1.165, 1.54) is 12.4 Å². The first-order valence-electron chi connectivity index (χ1n) is 7.64. The summed E-state index contributed by atoms with van der Waals surface area (Å²) in [6, 6.07) is 9.31. The van der Waals surface area contributed by atoms with Crippen LogP contribution in [0.5, 0.6) is 0 Å². The zero-order chi connectivity index (χ0) is 17.6. The molecular formula is C18H16ClN5O. The standard InChI is InChI=1S/C18H16ClN5O/c1-12-2-3-14(8-15(12)19)24-17-11-21-16(10-22-17)18(25)23-9-13-4-6-20-7-5-13/h2-8,10-11H,9H2,1H3,(H,22,24)(H,23,25). The molecule has 0 bridgehead atoms. The summed E-state index contributed by atoms with van der Waals surface area (Å²) in [5.41, 5.74) is 3.02. The molecule has 3 aromatic rings. The Morgan fingerprint density at radius 1 is 1.12 bits per heavy atom. The quantitative estimate of drug-likeness (QED) is 0.733. The van der Waals surface area contributed by atoms with Crippen LogP contribution in [0.3, 0.4) is 0 Å². The fraction of sp³-hybridized carbons (Fsp3) is 0.111. The Kier molecular flexibility index (Phi) is 5.20. The molecule has 2 aromatic heterocycles. The Labute approximate surface area is 150 Å². The maximum absolute atomic E-state index is 12.1. The molecule has 1 amide bonds. The minimum Gasteiger partial charge on any atom is -0.347 e. The monoisotopic (exact) mass is 353 g/mol. The van der Waals surface area contributed by atoms with Crippen LogP contribution in [0.25, 0.3) is 0 Å². The average Bonchev–Trinajstić information content (AvgIpc) is 2.64. The molecule has 0 spiro atoms. The van der Waals surface area contributed by atoms with Crippen molar-refractivity contribution in [1.82, 2.24) is 20.3 Å². The molecule has 0 aliphatic heterocycles. The van der Waals surface area contributed by atoms with E-state index in [0.29, 0.717) is 17.4 Å². The molecule has 1 aromatic carbocycles. The van der Waals surface area contributed by atoms with Gasteiger partial charge in [0.25, 0.3) is 5.91 Å². The van der Waals surface area contributed by atoms with Crippen molar-refractivity contribution in [3.8, 4) is 0 Å². The molecule has 126 valence electrons. The van der Waals surface area contributed by atoms with Crippen LogP contribution < -0.4 is 10.6 Å². The van der Waals surface area contributed by atoms with E-state index in [4.69, 9.17) is 11.6 Å². The number of carbonyl (C=O) groups excluding carboxylic acids is 1. The summed E-state index contributed by atoms with van der Waals surface area (Å²) in [5, 5.41) is 6.56. The number of hydrogen-bond donors (Lipinski definition) is 2. The molecule has 0 aliphatic rings. The number of halogens is 1. The smallest absolute Gasteiger partial charge is 0.271 e. The van der Waals surface area contributed by atoms with Gasteiger partial charge < -0.3 is 10.6 Å². The molecular weight excluding hydrogens is 338 g/mol. The fourth-order valence-electron chi connectivity index (χ4n) is 2.10. The third-order valence-corrected chi connectivity index (χ3v) is 3.94. The minimum atomic E-state index is -0.283. The number of nitrogens with one attached hydrogen (secondary N) is 2. The lowest BCUT2D eigenvalue weighted by Gasteiger charge is -2.08. The summed E-state index contributed by atoms with van der Waals surface area (Å²) >= 11 is 6.10. The highest BCUT2D eigenvalue weighted by Gasteiger charge is 2.08. The number of anilines is 2. The Morgan fingerprint density at radius 2 is 1.92 bits per heavy atom. The second-order valence-corrected chi connectivity index (χ2v) is 5.82. The van der Waals surface area contributed by atoms with E-state index < -0.39 is 0 Å². The molecule has 25 heavy (non-hydrogen) atoms. The Hall–Kier alpha value is -2.99. The van der Waals surface area contributed by atoms with Crippen molar-refractivity contribution in [1.29, 1.82) is 0 Å². The zero-order valence-electron chi connectivity index (χ0n) is 13.5. The largest absolute Gasteiger partial charge is 0.347 e. The van der Waals surface area contributed by atoms with Gasteiger partial charge in [-0.15, -0.1) is 0 Å². The molecule has 0 unspecified atom stereocenters. The van der Waals surface area contributed by atoms with E-state index in [9.17, 15) is 4.79 Å². The van der Waals surface area contributed by atoms with Crippen molar-refractivity contribution in [3.05, 3.63) is 77.0 Å². The molecule has 0 aliphatic carbocycles. The number of rotatable bonds is 5. The van der Waals surface area contributed by atoms with E-state index in [1.54, 1.807) is 12.4 Å². The predicted octanol–water partition coefficient (Wildman–Crippen LogP) is 3.51. The highest BCUT2D eigenvalue weighted by Crippen LogP contribution is 2.22. The molecule has 3 rings (SSSR count). The van der Waals surface area contributed by atoms with Crippen LogP contribution in [0.1, 0.15) is 21.6 Å². The predicted molar refractivity (Wildman–Crippen MR) is 96.9 cm³/mol. The van der Waals surface area contributed by atoms with Crippen LogP contribution in [-0.4, -0.2) is 20.9 Å². The van der Waals surface area contributed by atoms with E-state index in [-0.39, 0.29) is 11.6 Å². The van der Waals surface area contributed by atoms with Crippen LogP contribution in [0.4, 0.5) is 11.5 Å². The van der Waals surface area contributed by atoms with Crippen LogP contribution in [0.2, 0.25) is 5.02 Å². The van der Waals surface area contributed by atoms with Crippen molar-refractivity contribution in [2.24, 2.45) is 0 Å². The molecule has 0 saturated carbocycles. The summed E-state index contributed by atoms with van der Waals surface area (Å²) in [4.78, 5) is 24.4. The molecule has 2 heterocycles. The van der Waals surface area contributed by atoms with Crippen molar-refractivity contribution in [2.45, 2.75) is 13.5 Å². The third kappa shape index (κ3) is 4.51. The average molecular weight is 354 g/mol. The Balaban J connectivity index is 1.61. The number of pyridine rings is 1. The van der Waals surface area contributed by atoms with Gasteiger partial charge in [0.15, 0.2) is 0 Å². The summed E-state index contributed by atoms with van der Waals surface area (Å²) in [6.45, 7) is 2.34. The van der Waals surface area contributed by atoms with E-state index in [2.05, 4.69) is 25.6 Å². The van der Waals surface area contributed by atoms with E-state index in [0.717, 1.165) is 16.8 Å². The number of aromatic nitrogens is 3. The number of hydrogen-bond acceptors (Lipinski definition) is 5. The number of benzene rings is 1.